The van der Waals surface area contributed by atoms with Crippen LogP contribution in [0.1, 0.15) is 13.3 Å². The quantitative estimate of drug-likeness (QED) is 0.458. The fraction of sp³-hybridized carbons (Fsp3) is 0.875. The highest BCUT2D eigenvalue weighted by Gasteiger charge is 2.02. The molecule has 0 spiro atoms. The van der Waals surface area contributed by atoms with Gasteiger partial charge in [0.15, 0.2) is 5.96 Å². The molecule has 0 rings (SSSR count). The third-order valence-electron chi connectivity index (χ3n) is 1.76. The van der Waals surface area contributed by atoms with Crippen molar-refractivity contribution in [2.75, 3.05) is 33.7 Å². The highest BCUT2D eigenvalue weighted by Crippen LogP contribution is 1.90. The zero-order valence-corrected chi connectivity index (χ0v) is 8.30. The predicted octanol–water partition coefficient (Wildman–Crippen LogP) is 0.153. The first-order valence-corrected chi connectivity index (χ1v) is 4.31. The molecule has 12 heavy (non-hydrogen) atoms. The highest BCUT2D eigenvalue weighted by molar-refractivity contribution is 5.74. The molecule has 0 radical (unpaired) electrons. The van der Waals surface area contributed by atoms with Crippen LogP contribution in [0.5, 0.6) is 0 Å². The third-order valence-corrected chi connectivity index (χ3v) is 1.76. The van der Waals surface area contributed by atoms with Crippen LogP contribution in [-0.4, -0.2) is 49.5 Å². The molecule has 4 nitrogen and oxygen atoms in total. The second-order valence-electron chi connectivity index (χ2n) is 3.12. The predicted molar refractivity (Wildman–Crippen MR) is 52.3 cm³/mol. The maximum Gasteiger partial charge on any atom is 0.188 e. The second kappa shape index (κ2) is 5.83. The molecule has 4 heteroatoms. The summed E-state index contributed by atoms with van der Waals surface area (Å²) in [6.45, 7) is 4.76. The molecule has 0 aliphatic carbocycles. The first kappa shape index (κ1) is 11.2. The van der Waals surface area contributed by atoms with Gasteiger partial charge in [-0.2, -0.15) is 0 Å². The number of guanidine groups is 1. The van der Waals surface area contributed by atoms with Gasteiger partial charge >= 0.3 is 0 Å². The Morgan fingerprint density at radius 3 is 2.25 bits per heavy atom. The molecule has 72 valence electrons. The summed E-state index contributed by atoms with van der Waals surface area (Å²) >= 11 is 0. The van der Waals surface area contributed by atoms with Crippen LogP contribution in [0.25, 0.3) is 0 Å². The number of nitrogens with one attached hydrogen (secondary N) is 1. The van der Waals surface area contributed by atoms with Gasteiger partial charge < -0.3 is 15.5 Å². The Balaban J connectivity index is 3.52. The van der Waals surface area contributed by atoms with E-state index >= 15 is 0 Å². The number of hydrogen-bond donors (Lipinski definition) is 2. The summed E-state index contributed by atoms with van der Waals surface area (Å²) in [7, 11) is 4.09. The van der Waals surface area contributed by atoms with Crippen LogP contribution in [0.4, 0.5) is 0 Å². The maximum absolute atomic E-state index is 7.23. The summed E-state index contributed by atoms with van der Waals surface area (Å²) in [4.78, 5) is 4.00. The SMILES string of the molecule is CCN(CCCN(C)C)C(=N)N. The molecule has 0 amide bonds. The molecule has 0 saturated carbocycles. The van der Waals surface area contributed by atoms with E-state index in [1.165, 1.54) is 0 Å². The average Bonchev–Trinajstić information content (AvgIpc) is 1.96. The molecule has 0 aromatic carbocycles. The molecule has 0 aliphatic rings. The minimum atomic E-state index is 0.177. The molecular formula is C8H20N4. The Morgan fingerprint density at radius 1 is 1.33 bits per heavy atom. The Morgan fingerprint density at radius 2 is 1.92 bits per heavy atom. The third kappa shape index (κ3) is 4.96. The van der Waals surface area contributed by atoms with Crippen LogP contribution in [-0.2, 0) is 0 Å². The van der Waals surface area contributed by atoms with Gasteiger partial charge in [-0.15, -0.1) is 0 Å². The van der Waals surface area contributed by atoms with Gasteiger partial charge in [0.25, 0.3) is 0 Å². The zero-order chi connectivity index (χ0) is 9.56. The topological polar surface area (TPSA) is 56.4 Å². The smallest absolute Gasteiger partial charge is 0.188 e. The number of nitrogens with two attached hydrogens (primary N) is 1. The van der Waals surface area contributed by atoms with Crippen molar-refractivity contribution in [1.82, 2.24) is 9.80 Å². The van der Waals surface area contributed by atoms with Gasteiger partial charge in [-0.05, 0) is 34.0 Å². The zero-order valence-electron chi connectivity index (χ0n) is 8.30. The molecule has 0 atom stereocenters. The van der Waals surface area contributed by atoms with Crippen LogP contribution in [0.3, 0.4) is 0 Å². The number of hydrogen-bond acceptors (Lipinski definition) is 2. The van der Waals surface area contributed by atoms with Gasteiger partial charge in [0.05, 0.1) is 0 Å². The molecule has 0 saturated heterocycles. The van der Waals surface area contributed by atoms with Crippen molar-refractivity contribution in [2.24, 2.45) is 5.73 Å². The molecule has 0 aromatic heterocycles. The van der Waals surface area contributed by atoms with Crippen molar-refractivity contribution in [3.63, 3.8) is 0 Å². The standard InChI is InChI=1S/C8H20N4/c1-4-12(8(9)10)7-5-6-11(2)3/h4-7H2,1-3H3,(H3,9,10). The fourth-order valence-electron chi connectivity index (χ4n) is 1.03. The van der Waals surface area contributed by atoms with Gasteiger partial charge in [-0.25, -0.2) is 0 Å². The first-order chi connectivity index (χ1) is 5.57. The Hall–Kier alpha value is -0.770. The lowest BCUT2D eigenvalue weighted by Crippen LogP contribution is -2.37. The second-order valence-corrected chi connectivity index (χ2v) is 3.12. The monoisotopic (exact) mass is 172 g/mol. The lowest BCUT2D eigenvalue weighted by molar-refractivity contribution is 0.352. The van der Waals surface area contributed by atoms with Crippen molar-refractivity contribution >= 4 is 5.96 Å². The van der Waals surface area contributed by atoms with Gasteiger partial charge in [-0.3, -0.25) is 5.41 Å². The van der Waals surface area contributed by atoms with Crippen molar-refractivity contribution in [3.05, 3.63) is 0 Å². The van der Waals surface area contributed by atoms with Gasteiger partial charge in [0, 0.05) is 13.1 Å². The van der Waals surface area contributed by atoms with Crippen molar-refractivity contribution < 1.29 is 0 Å². The number of nitrogens with zero attached hydrogens (tertiary/aromatic N) is 2. The Labute approximate surface area is 74.8 Å². The summed E-state index contributed by atoms with van der Waals surface area (Å²) in [6, 6.07) is 0. The molecule has 0 unspecified atom stereocenters. The van der Waals surface area contributed by atoms with Crippen LogP contribution in [0.15, 0.2) is 0 Å². The van der Waals surface area contributed by atoms with E-state index in [0.29, 0.717) is 0 Å². The summed E-state index contributed by atoms with van der Waals surface area (Å²) in [6.07, 6.45) is 1.06. The summed E-state index contributed by atoms with van der Waals surface area (Å²) in [5.41, 5.74) is 5.36. The number of rotatable bonds is 5. The van der Waals surface area contributed by atoms with E-state index in [4.69, 9.17) is 11.1 Å². The summed E-state index contributed by atoms with van der Waals surface area (Å²) in [5.74, 6) is 0.177. The van der Waals surface area contributed by atoms with Crippen LogP contribution in [0.2, 0.25) is 0 Å². The highest BCUT2D eigenvalue weighted by atomic mass is 15.2. The molecule has 3 N–H and O–H groups in total. The van der Waals surface area contributed by atoms with Gasteiger partial charge in [-0.1, -0.05) is 0 Å². The Kier molecular flexibility index (Phi) is 5.45. The van der Waals surface area contributed by atoms with E-state index in [0.717, 1.165) is 26.1 Å². The van der Waals surface area contributed by atoms with E-state index < -0.39 is 0 Å². The van der Waals surface area contributed by atoms with E-state index in [1.807, 2.05) is 25.9 Å². The normalized spacial score (nSPS) is 10.3. The fourth-order valence-corrected chi connectivity index (χ4v) is 1.03. The molecular weight excluding hydrogens is 152 g/mol. The molecule has 0 bridgehead atoms. The van der Waals surface area contributed by atoms with Gasteiger partial charge in [0.2, 0.25) is 0 Å². The van der Waals surface area contributed by atoms with Crippen LogP contribution < -0.4 is 5.73 Å². The lowest BCUT2D eigenvalue weighted by atomic mass is 10.3. The molecule has 0 fully saturated rings. The largest absolute Gasteiger partial charge is 0.370 e. The Bertz CT molecular complexity index is 133. The van der Waals surface area contributed by atoms with Crippen LogP contribution in [0, 0.1) is 5.41 Å². The lowest BCUT2D eigenvalue weighted by Gasteiger charge is -2.21. The van der Waals surface area contributed by atoms with Crippen LogP contribution >= 0.6 is 0 Å². The summed E-state index contributed by atoms with van der Waals surface area (Å²) in [5, 5.41) is 7.23. The average molecular weight is 172 g/mol. The van der Waals surface area contributed by atoms with Gasteiger partial charge in [0.1, 0.15) is 0 Å². The van der Waals surface area contributed by atoms with E-state index in [2.05, 4.69) is 4.90 Å². The van der Waals surface area contributed by atoms with E-state index in [1.54, 1.807) is 0 Å². The van der Waals surface area contributed by atoms with Crippen molar-refractivity contribution in [3.8, 4) is 0 Å². The summed E-state index contributed by atoms with van der Waals surface area (Å²) < 4.78 is 0. The minimum absolute atomic E-state index is 0.177. The first-order valence-electron chi connectivity index (χ1n) is 4.31. The molecule has 0 aliphatic heterocycles. The molecule has 0 heterocycles. The maximum atomic E-state index is 7.23. The van der Waals surface area contributed by atoms with E-state index in [9.17, 15) is 0 Å². The van der Waals surface area contributed by atoms with Crippen molar-refractivity contribution in [1.29, 1.82) is 5.41 Å². The molecule has 0 aromatic rings. The van der Waals surface area contributed by atoms with E-state index in [-0.39, 0.29) is 5.96 Å². The minimum Gasteiger partial charge on any atom is -0.370 e. The van der Waals surface area contributed by atoms with Crippen molar-refractivity contribution in [2.45, 2.75) is 13.3 Å².